The normalized spacial score (nSPS) is 11.6. The van der Waals surface area contributed by atoms with E-state index in [1.165, 1.54) is 30.7 Å². The maximum Gasteiger partial charge on any atom is 0.255 e. The topological polar surface area (TPSA) is 147 Å². The van der Waals surface area contributed by atoms with Crippen LogP contribution in [-0.4, -0.2) is 30.6 Å². The van der Waals surface area contributed by atoms with E-state index >= 15 is 0 Å². The minimum absolute atomic E-state index is 0.232. The van der Waals surface area contributed by atoms with Crippen LogP contribution in [0.15, 0.2) is 67.1 Å². The van der Waals surface area contributed by atoms with E-state index < -0.39 is 5.91 Å². The molecular formula is C28H24FN9O. The SMILES string of the molecule is C[C@H](NC(=O)c1cc(C#N)cnc1NCc1ccc(-c2nn(C)c3ncnc(N)c23)cc1)c1ccc(F)cc1. The zero-order valence-corrected chi connectivity index (χ0v) is 21.2. The van der Waals surface area contributed by atoms with Crippen molar-refractivity contribution < 1.29 is 9.18 Å². The fourth-order valence-corrected chi connectivity index (χ4v) is 4.23. The number of anilines is 2. The zero-order chi connectivity index (χ0) is 27.5. The molecular weight excluding hydrogens is 497 g/mol. The van der Waals surface area contributed by atoms with Crippen molar-refractivity contribution in [3.05, 3.63) is 95.2 Å². The van der Waals surface area contributed by atoms with E-state index in [-0.39, 0.29) is 23.0 Å². The Labute approximate surface area is 223 Å². The van der Waals surface area contributed by atoms with Crippen molar-refractivity contribution in [2.24, 2.45) is 7.05 Å². The molecule has 0 unspecified atom stereocenters. The summed E-state index contributed by atoms with van der Waals surface area (Å²) in [5.41, 5.74) is 10.5. The number of carbonyl (C=O) groups excluding carboxylic acids is 1. The van der Waals surface area contributed by atoms with Gasteiger partial charge in [0.15, 0.2) is 5.65 Å². The first-order chi connectivity index (χ1) is 18.8. The summed E-state index contributed by atoms with van der Waals surface area (Å²) in [6, 6.07) is 16.8. The number of nitriles is 1. The number of hydrogen-bond acceptors (Lipinski definition) is 8. The minimum atomic E-state index is -0.406. The van der Waals surface area contributed by atoms with Gasteiger partial charge in [-0.25, -0.2) is 24.0 Å². The number of fused-ring (bicyclic) bond motifs is 1. The molecule has 5 aromatic rings. The van der Waals surface area contributed by atoms with E-state index in [4.69, 9.17) is 5.73 Å². The van der Waals surface area contributed by atoms with Crippen molar-refractivity contribution >= 4 is 28.6 Å². The number of hydrogen-bond donors (Lipinski definition) is 3. The Kier molecular flexibility index (Phi) is 6.84. The smallest absolute Gasteiger partial charge is 0.255 e. The van der Waals surface area contributed by atoms with Gasteiger partial charge in [0.2, 0.25) is 0 Å². The van der Waals surface area contributed by atoms with Gasteiger partial charge in [0.1, 0.15) is 35.5 Å². The first kappa shape index (κ1) is 25.3. The highest BCUT2D eigenvalue weighted by molar-refractivity contribution is 5.99. The molecule has 0 aliphatic heterocycles. The van der Waals surface area contributed by atoms with Crippen molar-refractivity contribution in [1.82, 2.24) is 30.0 Å². The van der Waals surface area contributed by atoms with E-state index in [0.717, 1.165) is 16.7 Å². The van der Waals surface area contributed by atoms with E-state index in [2.05, 4.69) is 30.7 Å². The molecule has 2 aromatic carbocycles. The van der Waals surface area contributed by atoms with Gasteiger partial charge in [0.05, 0.1) is 22.6 Å². The second kappa shape index (κ2) is 10.5. The van der Waals surface area contributed by atoms with Crippen LogP contribution in [-0.2, 0) is 13.6 Å². The minimum Gasteiger partial charge on any atom is -0.383 e. The first-order valence-electron chi connectivity index (χ1n) is 12.1. The molecule has 0 saturated carbocycles. The maximum absolute atomic E-state index is 13.3. The van der Waals surface area contributed by atoms with Gasteiger partial charge in [-0.3, -0.25) is 4.79 Å². The van der Waals surface area contributed by atoms with Gasteiger partial charge in [0.25, 0.3) is 5.91 Å². The zero-order valence-electron chi connectivity index (χ0n) is 21.2. The third-order valence-electron chi connectivity index (χ3n) is 6.32. The van der Waals surface area contributed by atoms with Gasteiger partial charge >= 0.3 is 0 Å². The molecule has 0 saturated heterocycles. The second-order valence-corrected chi connectivity index (χ2v) is 8.96. The van der Waals surface area contributed by atoms with Crippen LogP contribution in [0.1, 0.15) is 40.0 Å². The molecule has 1 amide bonds. The number of rotatable bonds is 7. The number of nitrogens with zero attached hydrogens (tertiary/aromatic N) is 6. The number of nitrogen functional groups attached to an aromatic ring is 1. The van der Waals surface area contributed by atoms with Crippen LogP contribution in [0.3, 0.4) is 0 Å². The van der Waals surface area contributed by atoms with Gasteiger partial charge in [0, 0.05) is 25.4 Å². The van der Waals surface area contributed by atoms with Crippen LogP contribution in [0.5, 0.6) is 0 Å². The monoisotopic (exact) mass is 521 g/mol. The summed E-state index contributed by atoms with van der Waals surface area (Å²) in [6.45, 7) is 2.17. The average Bonchev–Trinajstić information content (AvgIpc) is 3.29. The molecule has 3 aromatic heterocycles. The Hall–Kier alpha value is -5.37. The number of carbonyl (C=O) groups is 1. The van der Waals surface area contributed by atoms with Crippen LogP contribution in [0.25, 0.3) is 22.3 Å². The van der Waals surface area contributed by atoms with Crippen molar-refractivity contribution in [1.29, 1.82) is 5.26 Å². The van der Waals surface area contributed by atoms with Crippen molar-refractivity contribution in [2.75, 3.05) is 11.1 Å². The lowest BCUT2D eigenvalue weighted by Crippen LogP contribution is -2.28. The number of benzene rings is 2. The Morgan fingerprint density at radius 2 is 1.87 bits per heavy atom. The third-order valence-corrected chi connectivity index (χ3v) is 6.32. The number of pyridine rings is 1. The number of nitrogens with two attached hydrogens (primary N) is 1. The van der Waals surface area contributed by atoms with Gasteiger partial charge < -0.3 is 16.4 Å². The van der Waals surface area contributed by atoms with E-state index in [0.29, 0.717) is 34.9 Å². The van der Waals surface area contributed by atoms with Gasteiger partial charge in [-0.1, -0.05) is 36.4 Å². The fourth-order valence-electron chi connectivity index (χ4n) is 4.23. The first-order valence-corrected chi connectivity index (χ1v) is 12.1. The van der Waals surface area contributed by atoms with Gasteiger partial charge in [-0.2, -0.15) is 10.4 Å². The summed E-state index contributed by atoms with van der Waals surface area (Å²) < 4.78 is 14.9. The molecule has 39 heavy (non-hydrogen) atoms. The molecule has 3 heterocycles. The molecule has 0 aliphatic rings. The molecule has 5 rings (SSSR count). The number of halogens is 1. The van der Waals surface area contributed by atoms with Gasteiger partial charge in [-0.05, 0) is 36.2 Å². The maximum atomic E-state index is 13.3. The molecule has 194 valence electrons. The quantitative estimate of drug-likeness (QED) is 0.290. The number of nitrogens with one attached hydrogen (secondary N) is 2. The van der Waals surface area contributed by atoms with E-state index in [1.54, 1.807) is 30.8 Å². The van der Waals surface area contributed by atoms with Crippen LogP contribution in [0.2, 0.25) is 0 Å². The highest BCUT2D eigenvalue weighted by Gasteiger charge is 2.18. The van der Waals surface area contributed by atoms with Crippen molar-refractivity contribution in [3.8, 4) is 17.3 Å². The summed E-state index contributed by atoms with van der Waals surface area (Å²) in [6.07, 6.45) is 2.82. The lowest BCUT2D eigenvalue weighted by molar-refractivity contribution is 0.0940. The Morgan fingerprint density at radius 3 is 2.59 bits per heavy atom. The van der Waals surface area contributed by atoms with E-state index in [1.807, 2.05) is 30.3 Å². The number of aryl methyl sites for hydroxylation is 1. The summed E-state index contributed by atoms with van der Waals surface area (Å²) >= 11 is 0. The molecule has 0 spiro atoms. The highest BCUT2D eigenvalue weighted by Crippen LogP contribution is 2.29. The summed E-state index contributed by atoms with van der Waals surface area (Å²) in [5, 5.41) is 20.7. The van der Waals surface area contributed by atoms with Crippen LogP contribution >= 0.6 is 0 Å². The van der Waals surface area contributed by atoms with Crippen molar-refractivity contribution in [2.45, 2.75) is 19.5 Å². The summed E-state index contributed by atoms with van der Waals surface area (Å²) in [7, 11) is 1.80. The molecule has 0 bridgehead atoms. The lowest BCUT2D eigenvalue weighted by atomic mass is 10.1. The number of amides is 1. The molecule has 0 aliphatic carbocycles. The fraction of sp³-hybridized carbons (Fsp3) is 0.143. The number of aromatic nitrogens is 5. The van der Waals surface area contributed by atoms with Gasteiger partial charge in [-0.15, -0.1) is 0 Å². The van der Waals surface area contributed by atoms with E-state index in [9.17, 15) is 14.4 Å². The second-order valence-electron chi connectivity index (χ2n) is 8.96. The highest BCUT2D eigenvalue weighted by atomic mass is 19.1. The summed E-state index contributed by atoms with van der Waals surface area (Å²) in [4.78, 5) is 25.8. The molecule has 4 N–H and O–H groups in total. The van der Waals surface area contributed by atoms with Crippen LogP contribution in [0.4, 0.5) is 16.0 Å². The molecule has 0 radical (unpaired) electrons. The Balaban J connectivity index is 1.33. The predicted octanol–water partition coefficient (Wildman–Crippen LogP) is 4.12. The Bertz CT molecular complexity index is 1710. The average molecular weight is 522 g/mol. The Morgan fingerprint density at radius 1 is 1.13 bits per heavy atom. The van der Waals surface area contributed by atoms with Crippen LogP contribution < -0.4 is 16.4 Å². The standard InChI is InChI=1S/C28H24FN9O/c1-16(19-7-9-21(29)10-8-19)36-28(39)22-11-18(12-30)14-33-26(22)32-13-17-3-5-20(6-4-17)24-23-25(31)34-15-35-27(23)38(2)37-24/h3-11,14-16H,13H2,1-2H3,(H,32,33)(H,36,39)(H2,31,34,35)/t16-/m0/s1. The third kappa shape index (κ3) is 5.21. The van der Waals surface area contributed by atoms with Crippen LogP contribution in [0, 0.1) is 17.1 Å². The molecule has 1 atom stereocenters. The molecule has 10 nitrogen and oxygen atoms in total. The summed E-state index contributed by atoms with van der Waals surface area (Å²) in [5.74, 6) is -0.0619. The molecule has 11 heteroatoms. The predicted molar refractivity (Wildman–Crippen MR) is 145 cm³/mol. The lowest BCUT2D eigenvalue weighted by Gasteiger charge is -2.16. The largest absolute Gasteiger partial charge is 0.383 e. The molecule has 0 fully saturated rings. The van der Waals surface area contributed by atoms with Crippen molar-refractivity contribution in [3.63, 3.8) is 0 Å².